The first-order valence-corrected chi connectivity index (χ1v) is 8.39. The summed E-state index contributed by atoms with van der Waals surface area (Å²) < 4.78 is 0. The first-order valence-electron chi connectivity index (χ1n) is 6.59. The van der Waals surface area contributed by atoms with Crippen molar-refractivity contribution in [2.75, 3.05) is 5.75 Å². The Morgan fingerprint density at radius 3 is 2.35 bits per heavy atom. The predicted octanol–water partition coefficient (Wildman–Crippen LogP) is 3.82. The second kappa shape index (κ2) is 7.11. The van der Waals surface area contributed by atoms with E-state index in [0.29, 0.717) is 6.54 Å². The molecule has 0 atom stereocenters. The number of rotatable bonds is 5. The van der Waals surface area contributed by atoms with E-state index in [0.717, 1.165) is 27.2 Å². The molecule has 20 heavy (non-hydrogen) atoms. The summed E-state index contributed by atoms with van der Waals surface area (Å²) in [5.74, 6) is 1.04. The molecule has 0 aliphatic heterocycles. The number of nitrogens with two attached hydrogens (primary N) is 1. The summed E-state index contributed by atoms with van der Waals surface area (Å²) in [7, 11) is 0. The first kappa shape index (κ1) is 15.4. The number of hydrogen-bond donors (Lipinski definition) is 1. The Morgan fingerprint density at radius 1 is 1.10 bits per heavy atom. The summed E-state index contributed by atoms with van der Waals surface area (Å²) in [6.45, 7) is 6.67. The molecule has 1 heterocycles. The van der Waals surface area contributed by atoms with Crippen LogP contribution in [0.25, 0.3) is 0 Å². The molecule has 0 spiro atoms. The van der Waals surface area contributed by atoms with Gasteiger partial charge in [-0.2, -0.15) is 0 Å². The molecular weight excluding hydrogens is 286 g/mol. The summed E-state index contributed by atoms with van der Waals surface area (Å²) in [4.78, 5) is 11.4. The van der Waals surface area contributed by atoms with E-state index in [1.807, 2.05) is 31.7 Å². The summed E-state index contributed by atoms with van der Waals surface area (Å²) in [5.41, 5.74) is 9.10. The number of benzene rings is 1. The Hall–Kier alpha value is -1.04. The van der Waals surface area contributed by atoms with E-state index >= 15 is 0 Å². The van der Waals surface area contributed by atoms with Gasteiger partial charge < -0.3 is 5.73 Å². The Labute approximate surface area is 128 Å². The van der Waals surface area contributed by atoms with E-state index in [-0.39, 0.29) is 0 Å². The highest BCUT2D eigenvalue weighted by molar-refractivity contribution is 8.00. The van der Waals surface area contributed by atoms with Crippen molar-refractivity contribution < 1.29 is 0 Å². The van der Waals surface area contributed by atoms with Crippen LogP contribution in [-0.4, -0.2) is 15.7 Å². The Bertz CT molecular complexity index is 579. The molecule has 0 aliphatic rings. The molecule has 2 N–H and O–H groups in total. The first-order chi connectivity index (χ1) is 9.63. The third-order valence-corrected chi connectivity index (χ3v) is 4.71. The molecule has 0 saturated carbocycles. The SMILES string of the molecule is CCSc1cccc(Sc2nc(C)cc(C)n2)c1CN. The molecule has 1 aromatic carbocycles. The largest absolute Gasteiger partial charge is 0.326 e. The lowest BCUT2D eigenvalue weighted by atomic mass is 10.2. The average molecular weight is 305 g/mol. The van der Waals surface area contributed by atoms with Crippen LogP contribution in [0.15, 0.2) is 39.2 Å². The van der Waals surface area contributed by atoms with E-state index in [1.54, 1.807) is 11.8 Å². The molecule has 3 nitrogen and oxygen atoms in total. The highest BCUT2D eigenvalue weighted by Gasteiger charge is 2.10. The van der Waals surface area contributed by atoms with E-state index < -0.39 is 0 Å². The molecule has 1 aromatic heterocycles. The highest BCUT2D eigenvalue weighted by atomic mass is 32.2. The molecule has 2 aromatic rings. The van der Waals surface area contributed by atoms with Crippen molar-refractivity contribution in [1.82, 2.24) is 9.97 Å². The van der Waals surface area contributed by atoms with Gasteiger partial charge in [0.1, 0.15) is 0 Å². The van der Waals surface area contributed by atoms with Crippen LogP contribution in [0.3, 0.4) is 0 Å². The topological polar surface area (TPSA) is 51.8 Å². The second-order valence-corrected chi connectivity index (χ2v) is 6.72. The molecular formula is C15H19N3S2. The molecule has 0 bridgehead atoms. The smallest absolute Gasteiger partial charge is 0.192 e. The van der Waals surface area contributed by atoms with Crippen molar-refractivity contribution in [3.05, 3.63) is 41.2 Å². The Balaban J connectivity index is 2.35. The maximum absolute atomic E-state index is 5.93. The second-order valence-electron chi connectivity index (χ2n) is 4.41. The molecule has 0 radical (unpaired) electrons. The lowest BCUT2D eigenvalue weighted by Crippen LogP contribution is -2.01. The summed E-state index contributed by atoms with van der Waals surface area (Å²) in [6, 6.07) is 8.27. The van der Waals surface area contributed by atoms with Gasteiger partial charge in [0.05, 0.1) is 0 Å². The van der Waals surface area contributed by atoms with Crippen LogP contribution >= 0.6 is 23.5 Å². The van der Waals surface area contributed by atoms with Gasteiger partial charge in [-0.05, 0) is 55.1 Å². The third kappa shape index (κ3) is 3.75. The van der Waals surface area contributed by atoms with Crippen LogP contribution in [0.1, 0.15) is 23.9 Å². The normalized spacial score (nSPS) is 10.8. The van der Waals surface area contributed by atoms with Crippen molar-refractivity contribution in [1.29, 1.82) is 0 Å². The maximum atomic E-state index is 5.93. The van der Waals surface area contributed by atoms with E-state index in [1.165, 1.54) is 10.5 Å². The number of aromatic nitrogens is 2. The molecule has 0 saturated heterocycles. The van der Waals surface area contributed by atoms with Gasteiger partial charge in [0.25, 0.3) is 0 Å². The minimum absolute atomic E-state index is 0.538. The van der Waals surface area contributed by atoms with Gasteiger partial charge in [0, 0.05) is 27.7 Å². The zero-order valence-electron chi connectivity index (χ0n) is 12.0. The average Bonchev–Trinajstić information content (AvgIpc) is 2.38. The molecule has 0 aliphatic carbocycles. The number of thioether (sulfide) groups is 1. The lowest BCUT2D eigenvalue weighted by molar-refractivity contribution is 0.898. The number of hydrogen-bond acceptors (Lipinski definition) is 5. The summed E-state index contributed by atoms with van der Waals surface area (Å²) in [6.07, 6.45) is 0. The summed E-state index contributed by atoms with van der Waals surface area (Å²) >= 11 is 3.41. The van der Waals surface area contributed by atoms with Gasteiger partial charge in [-0.1, -0.05) is 13.0 Å². The van der Waals surface area contributed by atoms with Crippen LogP contribution in [0, 0.1) is 13.8 Å². The van der Waals surface area contributed by atoms with Crippen molar-refractivity contribution in [3.63, 3.8) is 0 Å². The van der Waals surface area contributed by atoms with Crippen LogP contribution < -0.4 is 5.73 Å². The molecule has 0 unspecified atom stereocenters. The quantitative estimate of drug-likeness (QED) is 0.672. The monoisotopic (exact) mass is 305 g/mol. The van der Waals surface area contributed by atoms with Gasteiger partial charge in [-0.25, -0.2) is 9.97 Å². The molecule has 5 heteroatoms. The van der Waals surface area contributed by atoms with Crippen LogP contribution in [-0.2, 0) is 6.54 Å². The third-order valence-electron chi connectivity index (χ3n) is 2.76. The van der Waals surface area contributed by atoms with Gasteiger partial charge in [-0.3, -0.25) is 0 Å². The van der Waals surface area contributed by atoms with E-state index in [4.69, 9.17) is 5.73 Å². The van der Waals surface area contributed by atoms with Crippen LogP contribution in [0.5, 0.6) is 0 Å². The van der Waals surface area contributed by atoms with E-state index in [2.05, 4.69) is 35.1 Å². The standard InChI is InChI=1S/C15H19N3S2/c1-4-19-13-6-5-7-14(12(13)9-16)20-15-17-10(2)8-11(3)18-15/h5-8H,4,9,16H2,1-3H3. The number of nitrogens with zero attached hydrogens (tertiary/aromatic N) is 2. The van der Waals surface area contributed by atoms with Crippen molar-refractivity contribution in [2.45, 2.75) is 42.3 Å². The molecule has 2 rings (SSSR count). The van der Waals surface area contributed by atoms with Gasteiger partial charge in [-0.15, -0.1) is 11.8 Å². The highest BCUT2D eigenvalue weighted by Crippen LogP contribution is 2.33. The lowest BCUT2D eigenvalue weighted by Gasteiger charge is -2.11. The van der Waals surface area contributed by atoms with Crippen LogP contribution in [0.2, 0.25) is 0 Å². The fraction of sp³-hybridized carbons (Fsp3) is 0.333. The Morgan fingerprint density at radius 2 is 1.75 bits per heavy atom. The van der Waals surface area contributed by atoms with Gasteiger partial charge >= 0.3 is 0 Å². The number of aryl methyl sites for hydroxylation is 2. The van der Waals surface area contributed by atoms with Gasteiger partial charge in [0.15, 0.2) is 5.16 Å². The van der Waals surface area contributed by atoms with Crippen molar-refractivity contribution >= 4 is 23.5 Å². The summed E-state index contributed by atoms with van der Waals surface area (Å²) in [5, 5.41) is 0.788. The minimum Gasteiger partial charge on any atom is -0.326 e. The predicted molar refractivity (Wildman–Crippen MR) is 86.4 cm³/mol. The van der Waals surface area contributed by atoms with E-state index in [9.17, 15) is 0 Å². The van der Waals surface area contributed by atoms with Crippen molar-refractivity contribution in [2.24, 2.45) is 5.73 Å². The van der Waals surface area contributed by atoms with Crippen molar-refractivity contribution in [3.8, 4) is 0 Å². The molecule has 106 valence electrons. The van der Waals surface area contributed by atoms with Crippen LogP contribution in [0.4, 0.5) is 0 Å². The molecule has 0 amide bonds. The zero-order chi connectivity index (χ0) is 14.5. The Kier molecular flexibility index (Phi) is 5.46. The fourth-order valence-corrected chi connectivity index (χ4v) is 3.93. The fourth-order valence-electron chi connectivity index (χ4n) is 1.97. The minimum atomic E-state index is 0.538. The van der Waals surface area contributed by atoms with Gasteiger partial charge in [0.2, 0.25) is 0 Å². The zero-order valence-corrected chi connectivity index (χ0v) is 13.6. The molecule has 0 fully saturated rings. The maximum Gasteiger partial charge on any atom is 0.192 e.